The molecule has 0 N–H and O–H groups in total. The molecule has 3 heterocycles. The lowest BCUT2D eigenvalue weighted by molar-refractivity contribution is 0.0809. The number of imidazole rings is 1. The van der Waals surface area contributed by atoms with E-state index in [0.717, 1.165) is 41.1 Å². The Balaban J connectivity index is 1.41. The monoisotopic (exact) mass is 488 g/mol. The number of halogens is 1. The van der Waals surface area contributed by atoms with Crippen LogP contribution in [0.25, 0.3) is 39.6 Å². The van der Waals surface area contributed by atoms with E-state index in [-0.39, 0.29) is 17.0 Å². The van der Waals surface area contributed by atoms with E-state index in [1.165, 1.54) is 12.1 Å². The number of pyridine rings is 2. The van der Waals surface area contributed by atoms with Gasteiger partial charge in [-0.2, -0.15) is 0 Å². The molecule has 6 rings (SSSR count). The third kappa shape index (κ3) is 4.35. The van der Waals surface area contributed by atoms with Crippen molar-refractivity contribution in [3.63, 3.8) is 0 Å². The maximum absolute atomic E-state index is 14.0. The summed E-state index contributed by atoms with van der Waals surface area (Å²) in [6.07, 6.45) is 5.20. The van der Waals surface area contributed by atoms with E-state index in [1.807, 2.05) is 85.3 Å². The summed E-state index contributed by atoms with van der Waals surface area (Å²) in [6, 6.07) is 24.0. The third-order valence-electron chi connectivity index (χ3n) is 6.96. The van der Waals surface area contributed by atoms with Crippen LogP contribution in [-0.2, 0) is 6.42 Å². The molecule has 0 amide bonds. The van der Waals surface area contributed by atoms with Crippen LogP contribution in [0.2, 0.25) is 0 Å². The number of ketones is 1. The van der Waals surface area contributed by atoms with Gasteiger partial charge in [0, 0.05) is 33.9 Å². The Morgan fingerprint density at radius 1 is 0.811 bits per heavy atom. The molecule has 0 radical (unpaired) electrons. The molecule has 0 saturated heterocycles. The van der Waals surface area contributed by atoms with E-state index in [2.05, 4.69) is 4.98 Å². The van der Waals surface area contributed by atoms with Crippen LogP contribution in [0.4, 0.5) is 4.39 Å². The minimum atomic E-state index is -0.352. The Bertz CT molecular complexity index is 1640. The van der Waals surface area contributed by atoms with Gasteiger partial charge < -0.3 is 0 Å². The van der Waals surface area contributed by atoms with E-state index in [1.54, 1.807) is 12.4 Å². The second-order valence-corrected chi connectivity index (χ2v) is 10.0. The van der Waals surface area contributed by atoms with E-state index in [9.17, 15) is 9.18 Å². The molecule has 6 heteroatoms. The molecule has 5 aromatic rings. The summed E-state index contributed by atoms with van der Waals surface area (Å²) in [5.41, 5.74) is 5.90. The zero-order valence-corrected chi connectivity index (χ0v) is 20.6. The van der Waals surface area contributed by atoms with Crippen LogP contribution < -0.4 is 0 Å². The number of hydrogen-bond donors (Lipinski definition) is 0. The van der Waals surface area contributed by atoms with Gasteiger partial charge in [-0.3, -0.25) is 9.36 Å². The van der Waals surface area contributed by atoms with E-state index >= 15 is 0 Å². The van der Waals surface area contributed by atoms with Crippen LogP contribution in [-0.4, -0.2) is 25.3 Å². The number of carbonyl (C=O) groups is 1. The molecule has 37 heavy (non-hydrogen) atoms. The molecular formula is C31H25FN4O. The molecule has 0 unspecified atom stereocenters. The number of rotatable bonds is 4. The smallest absolute Gasteiger partial charge is 0.170 e. The predicted molar refractivity (Wildman–Crippen MR) is 142 cm³/mol. The number of benzene rings is 2. The molecule has 182 valence electrons. The lowest BCUT2D eigenvalue weighted by Gasteiger charge is -2.29. The molecule has 0 atom stereocenters. The fourth-order valence-corrected chi connectivity index (χ4v) is 4.77. The molecule has 2 aromatic carbocycles. The first-order chi connectivity index (χ1) is 17.9. The number of aromatic nitrogens is 4. The van der Waals surface area contributed by atoms with Crippen LogP contribution in [0.5, 0.6) is 0 Å². The average molecular weight is 489 g/mol. The van der Waals surface area contributed by atoms with Gasteiger partial charge in [0.2, 0.25) is 0 Å². The summed E-state index contributed by atoms with van der Waals surface area (Å²) in [5, 5.41) is 0. The lowest BCUT2D eigenvalue weighted by atomic mass is 9.75. The van der Waals surface area contributed by atoms with Crippen LogP contribution >= 0.6 is 0 Å². The van der Waals surface area contributed by atoms with Crippen LogP contribution in [0, 0.1) is 11.2 Å². The maximum atomic E-state index is 14.0. The van der Waals surface area contributed by atoms with Gasteiger partial charge in [0.05, 0.1) is 22.8 Å². The molecule has 1 aliphatic carbocycles. The summed E-state index contributed by atoms with van der Waals surface area (Å²) in [7, 11) is 0. The first kappa shape index (κ1) is 23.0. The highest BCUT2D eigenvalue weighted by molar-refractivity contribution is 6.02. The van der Waals surface area contributed by atoms with Gasteiger partial charge in [-0.05, 0) is 49.2 Å². The van der Waals surface area contributed by atoms with Crippen molar-refractivity contribution in [1.29, 1.82) is 0 Å². The second-order valence-electron chi connectivity index (χ2n) is 10.0. The number of carbonyl (C=O) groups excluding carboxylic acids is 1. The largest absolute Gasteiger partial charge is 0.294 e. The number of fused-ring (bicyclic) bond motifs is 1. The average Bonchev–Trinajstić information content (AvgIpc) is 3.42. The SMILES string of the molecule is CC1(C)CCc2nc(-n3cnc(-c4cc(-c5ccccc5)nc(-c5cccc(F)c5)c4)c3)ccc2C1=O. The normalized spacial score (nSPS) is 14.4. The van der Waals surface area contributed by atoms with Gasteiger partial charge in [-0.25, -0.2) is 19.3 Å². The zero-order chi connectivity index (χ0) is 25.6. The minimum absolute atomic E-state index is 0.147. The van der Waals surface area contributed by atoms with Gasteiger partial charge in [-0.1, -0.05) is 56.3 Å². The quantitative estimate of drug-likeness (QED) is 0.274. The third-order valence-corrected chi connectivity index (χ3v) is 6.96. The Morgan fingerprint density at radius 2 is 1.57 bits per heavy atom. The highest BCUT2D eigenvalue weighted by Crippen LogP contribution is 2.35. The van der Waals surface area contributed by atoms with Crippen LogP contribution in [0.1, 0.15) is 36.3 Å². The van der Waals surface area contributed by atoms with Gasteiger partial charge in [0.1, 0.15) is 18.0 Å². The van der Waals surface area contributed by atoms with E-state index in [4.69, 9.17) is 9.97 Å². The summed E-state index contributed by atoms with van der Waals surface area (Å²) >= 11 is 0. The van der Waals surface area contributed by atoms with Crippen LogP contribution in [0.3, 0.4) is 0 Å². The number of hydrogen-bond acceptors (Lipinski definition) is 4. The summed E-state index contributed by atoms with van der Waals surface area (Å²) in [6.45, 7) is 3.98. The van der Waals surface area contributed by atoms with Gasteiger partial charge >= 0.3 is 0 Å². The Morgan fingerprint density at radius 3 is 2.35 bits per heavy atom. The van der Waals surface area contributed by atoms with Crippen molar-refractivity contribution in [3.05, 3.63) is 108 Å². The highest BCUT2D eigenvalue weighted by Gasteiger charge is 2.34. The maximum Gasteiger partial charge on any atom is 0.170 e. The fourth-order valence-electron chi connectivity index (χ4n) is 4.77. The molecule has 0 saturated carbocycles. The molecule has 3 aromatic heterocycles. The van der Waals surface area contributed by atoms with E-state index in [0.29, 0.717) is 22.6 Å². The summed E-state index contributed by atoms with van der Waals surface area (Å²) < 4.78 is 15.9. The van der Waals surface area contributed by atoms with Crippen molar-refractivity contribution in [2.75, 3.05) is 0 Å². The summed E-state index contributed by atoms with van der Waals surface area (Å²) in [5.74, 6) is 0.553. The van der Waals surface area contributed by atoms with Crippen molar-refractivity contribution in [3.8, 4) is 39.6 Å². The summed E-state index contributed by atoms with van der Waals surface area (Å²) in [4.78, 5) is 27.1. The van der Waals surface area contributed by atoms with Crippen molar-refractivity contribution in [2.45, 2.75) is 26.7 Å². The standard InChI is InChI=1S/C31H25FN4O/c1-31(2)14-13-25-24(30(31)37)11-12-29(35-25)36-18-28(33-19-36)22-16-26(20-7-4-3-5-8-20)34-27(17-22)21-9-6-10-23(32)15-21/h3-12,15-19H,13-14H2,1-2H3. The molecule has 0 fully saturated rings. The highest BCUT2D eigenvalue weighted by atomic mass is 19.1. The predicted octanol–water partition coefficient (Wildman–Crippen LogP) is 6.96. The first-order valence-electron chi connectivity index (χ1n) is 12.3. The van der Waals surface area contributed by atoms with Gasteiger partial charge in [0.25, 0.3) is 0 Å². The van der Waals surface area contributed by atoms with Crippen molar-refractivity contribution in [2.24, 2.45) is 5.41 Å². The zero-order valence-electron chi connectivity index (χ0n) is 20.6. The first-order valence-corrected chi connectivity index (χ1v) is 12.3. The Labute approximate surface area is 214 Å². The molecule has 0 bridgehead atoms. The van der Waals surface area contributed by atoms with Gasteiger partial charge in [0.15, 0.2) is 5.78 Å². The van der Waals surface area contributed by atoms with Crippen LogP contribution in [0.15, 0.2) is 91.4 Å². The van der Waals surface area contributed by atoms with E-state index < -0.39 is 0 Å². The Kier molecular flexibility index (Phi) is 5.52. The number of aryl methyl sites for hydroxylation is 1. The van der Waals surface area contributed by atoms with Crippen molar-refractivity contribution < 1.29 is 9.18 Å². The molecule has 0 spiro atoms. The molecular weight excluding hydrogens is 463 g/mol. The lowest BCUT2D eigenvalue weighted by Crippen LogP contribution is -2.31. The molecule has 0 aliphatic heterocycles. The van der Waals surface area contributed by atoms with Crippen molar-refractivity contribution in [1.82, 2.24) is 19.5 Å². The fraction of sp³-hybridized carbons (Fsp3) is 0.161. The number of nitrogens with zero attached hydrogens (tertiary/aromatic N) is 4. The Hall–Kier alpha value is -4.45. The van der Waals surface area contributed by atoms with Crippen molar-refractivity contribution >= 4 is 5.78 Å². The molecule has 1 aliphatic rings. The second kappa shape index (κ2) is 8.89. The minimum Gasteiger partial charge on any atom is -0.294 e. The topological polar surface area (TPSA) is 60.7 Å². The number of Topliss-reactive ketones (excluding diaryl/α,β-unsaturated/α-hetero) is 1. The molecule has 5 nitrogen and oxygen atoms in total. The van der Waals surface area contributed by atoms with Gasteiger partial charge in [-0.15, -0.1) is 0 Å².